The van der Waals surface area contributed by atoms with Crippen LogP contribution in [0.5, 0.6) is 0 Å². The topological polar surface area (TPSA) is 0 Å². The molecule has 0 aromatic rings. The van der Waals surface area contributed by atoms with Gasteiger partial charge in [-0.1, -0.05) is 260 Å². The van der Waals surface area contributed by atoms with Crippen molar-refractivity contribution in [3.63, 3.8) is 0 Å². The Morgan fingerprint density at radius 3 is 0.605 bits per heavy atom. The van der Waals surface area contributed by atoms with E-state index in [1.807, 2.05) is 90.0 Å². The molecule has 0 radical (unpaired) electrons. The van der Waals surface area contributed by atoms with Crippen LogP contribution in [0, 0.1) is 63.6 Å². The summed E-state index contributed by atoms with van der Waals surface area (Å²) in [6, 6.07) is 0. The molecule has 0 aromatic carbocycles. The Kier molecular flexibility index (Phi) is 60.6. The van der Waals surface area contributed by atoms with E-state index in [4.69, 9.17) is 0 Å². The maximum Gasteiger partial charge on any atom is 0.113 e. The molecule has 534 valence electrons. The zero-order valence-electron chi connectivity index (χ0n) is 66.6. The zero-order chi connectivity index (χ0) is 71.6. The smallest absolute Gasteiger partial charge is 0.113 e. The van der Waals surface area contributed by atoms with Crippen LogP contribution in [0.4, 0.5) is 35.1 Å². The van der Waals surface area contributed by atoms with Crippen molar-refractivity contribution in [1.82, 2.24) is 0 Å². The second-order valence-electron chi connectivity index (χ2n) is 31.0. The summed E-state index contributed by atoms with van der Waals surface area (Å²) in [5.41, 5.74) is -6.83. The van der Waals surface area contributed by atoms with Gasteiger partial charge in [-0.3, -0.25) is 0 Å². The van der Waals surface area contributed by atoms with Crippen LogP contribution in [-0.4, -0.2) is 45.4 Å². The van der Waals surface area contributed by atoms with Crippen LogP contribution in [0.2, 0.25) is 0 Å². The SMILES string of the molecule is CC(C)C(C(C)C)C(C)(C)F.CCC(C)(CC)C(C)(C)C.CCC(C)(CC)[C@@](C)(F)CC.CCC(C)(F)CC.CCC(CC)[C@@](C)(F)CC.CCCC(C)(F)CCC.CCC[C@@](C)(F)CC.CC[C@](C)(F)C(C(C)C)C(C)C.CC[C@](C)(F)C(C)C. The predicted octanol–water partition coefficient (Wildman–Crippen LogP) is 30.6. The highest BCUT2D eigenvalue weighted by Gasteiger charge is 2.41. The fourth-order valence-electron chi connectivity index (χ4n) is 11.4. The molecule has 0 unspecified atom stereocenters. The highest BCUT2D eigenvalue weighted by atomic mass is 19.2. The van der Waals surface area contributed by atoms with Crippen LogP contribution in [0.1, 0.15) is 399 Å². The normalized spacial score (nSPS) is 15.8. The molecule has 0 aliphatic heterocycles. The summed E-state index contributed by atoms with van der Waals surface area (Å²) < 4.78 is 106. The van der Waals surface area contributed by atoms with Gasteiger partial charge < -0.3 is 0 Å². The molecule has 8 heteroatoms. The lowest BCUT2D eigenvalue weighted by molar-refractivity contribution is 0.00941. The molecule has 0 heterocycles. The molecule has 0 fully saturated rings. The van der Waals surface area contributed by atoms with E-state index in [0.29, 0.717) is 98.7 Å². The minimum atomic E-state index is -1.04. The lowest BCUT2D eigenvalue weighted by atomic mass is 9.65. The van der Waals surface area contributed by atoms with Crippen molar-refractivity contribution >= 4 is 0 Å². The van der Waals surface area contributed by atoms with E-state index in [1.54, 1.807) is 62.3 Å². The second-order valence-corrected chi connectivity index (χ2v) is 31.0. The Morgan fingerprint density at radius 2 is 0.535 bits per heavy atom. The van der Waals surface area contributed by atoms with Gasteiger partial charge in [0.2, 0.25) is 0 Å². The van der Waals surface area contributed by atoms with Gasteiger partial charge in [0.15, 0.2) is 0 Å². The van der Waals surface area contributed by atoms with Gasteiger partial charge in [0.25, 0.3) is 0 Å². The zero-order valence-corrected chi connectivity index (χ0v) is 66.6. The third-order valence-electron chi connectivity index (χ3n) is 20.9. The minimum Gasteiger partial charge on any atom is -0.244 e. The maximum absolute atomic E-state index is 14.0. The van der Waals surface area contributed by atoms with Crippen molar-refractivity contribution in [1.29, 1.82) is 0 Å². The Bertz CT molecular complexity index is 1410. The molecule has 0 aromatic heterocycles. The molecule has 0 rings (SSSR count). The molecular formula is C78H166F8. The summed E-state index contributed by atoms with van der Waals surface area (Å²) in [7, 11) is 0. The molecule has 5 atom stereocenters. The van der Waals surface area contributed by atoms with E-state index >= 15 is 0 Å². The second kappa shape index (κ2) is 50.0. The molecule has 0 N–H and O–H groups in total. The van der Waals surface area contributed by atoms with Crippen LogP contribution < -0.4 is 0 Å². The summed E-state index contributed by atoms with van der Waals surface area (Å²) >= 11 is 0. The molecule has 86 heavy (non-hydrogen) atoms. The van der Waals surface area contributed by atoms with Crippen molar-refractivity contribution in [2.45, 2.75) is 444 Å². The number of hydrogen-bond donors (Lipinski definition) is 0. The molecule has 0 saturated heterocycles. The Balaban J connectivity index is -0.000000111. The molecule has 0 spiro atoms. The van der Waals surface area contributed by atoms with E-state index in [2.05, 4.69) is 125 Å². The molecule has 0 bridgehead atoms. The van der Waals surface area contributed by atoms with Crippen LogP contribution in [0.3, 0.4) is 0 Å². The quantitative estimate of drug-likeness (QED) is 0.0685. The number of rotatable bonds is 28. The average Bonchev–Trinajstić information content (AvgIpc) is 3.38. The molecular weight excluding hydrogens is 1090 g/mol. The van der Waals surface area contributed by atoms with Gasteiger partial charge in [0.1, 0.15) is 45.4 Å². The summed E-state index contributed by atoms with van der Waals surface area (Å²) in [6.07, 6.45) is 15.7. The lowest BCUT2D eigenvalue weighted by Crippen LogP contribution is -2.38. The molecule has 0 aliphatic carbocycles. The van der Waals surface area contributed by atoms with Crippen LogP contribution in [0.15, 0.2) is 0 Å². The van der Waals surface area contributed by atoms with Gasteiger partial charge in [-0.2, -0.15) is 0 Å². The van der Waals surface area contributed by atoms with Gasteiger partial charge in [-0.05, 0) is 198 Å². The van der Waals surface area contributed by atoms with Gasteiger partial charge in [-0.15, -0.1) is 0 Å². The lowest BCUT2D eigenvalue weighted by Gasteiger charge is -2.40. The number of halogens is 8. The molecule has 0 amide bonds. The third kappa shape index (κ3) is 50.1. The van der Waals surface area contributed by atoms with Crippen molar-refractivity contribution < 1.29 is 35.1 Å². The Morgan fingerprint density at radius 1 is 0.267 bits per heavy atom. The highest BCUT2D eigenvalue weighted by Crippen LogP contribution is 2.44. The van der Waals surface area contributed by atoms with Crippen molar-refractivity contribution in [3.05, 3.63) is 0 Å². The Hall–Kier alpha value is -0.560. The molecule has 0 aliphatic rings. The monoisotopic (exact) mass is 1260 g/mol. The van der Waals surface area contributed by atoms with Gasteiger partial charge in [0.05, 0.1) is 0 Å². The van der Waals surface area contributed by atoms with E-state index < -0.39 is 45.4 Å². The van der Waals surface area contributed by atoms with Gasteiger partial charge in [0, 0.05) is 5.41 Å². The van der Waals surface area contributed by atoms with E-state index in [9.17, 15) is 35.1 Å². The fraction of sp³-hybridized carbons (Fsp3) is 1.00. The number of alkyl halides is 8. The Labute approximate surface area is 540 Å². The minimum absolute atomic E-state index is 0.137. The number of hydrogen-bond acceptors (Lipinski definition) is 0. The van der Waals surface area contributed by atoms with Crippen molar-refractivity contribution in [3.8, 4) is 0 Å². The summed E-state index contributed by atoms with van der Waals surface area (Å²) in [4.78, 5) is 0. The van der Waals surface area contributed by atoms with E-state index in [1.165, 1.54) is 12.8 Å². The standard InChI is InChI=1S/C11H23F.2C10H21F.C10H22.C9H19F.C8H17F.2C7H15F.C6H13F/c1-7-11(6,12)10(8(2)3)9(4)5;1-7(2)9(8(3)4)10(5,6)11;1-6-9(4,7-2)10(5,11)8-3;1-7-10(6,8-2)9(3,4)5;1-5-8(6-2)9(4,10)7-3;1-4-6-8(3,9)7-5-2;1-5-7(4,8)6(2)3;1-4-6-7(3,8)5-2;1-4-6(3,7)5-2/h8-10H,7H2,1-6H3;7-9H,1-6H3;6-8H2,1-5H3;7-8H2,1-6H3;8H,5-7H2,1-4H3;4-7H2,1-3H3;6H,5H2,1-4H3;4-6H2,1-3H3;4-5H2,1-3H3/t11-;;10-;;9-;;2*7-;/m0.0.0.00./s1. The largest absolute Gasteiger partial charge is 0.244 e. The summed E-state index contributed by atoms with van der Waals surface area (Å²) in [5.74, 6) is 2.46. The average molecular weight is 1260 g/mol. The third-order valence-corrected chi connectivity index (χ3v) is 20.9. The first-order valence-corrected chi connectivity index (χ1v) is 35.9. The van der Waals surface area contributed by atoms with Crippen LogP contribution in [-0.2, 0) is 0 Å². The molecule has 0 saturated carbocycles. The first kappa shape index (κ1) is 104. The first-order valence-electron chi connectivity index (χ1n) is 35.9. The van der Waals surface area contributed by atoms with Crippen LogP contribution >= 0.6 is 0 Å². The first-order chi connectivity index (χ1) is 38.3. The van der Waals surface area contributed by atoms with Crippen LogP contribution in [0.25, 0.3) is 0 Å². The highest BCUT2D eigenvalue weighted by molar-refractivity contribution is 4.91. The van der Waals surface area contributed by atoms with Gasteiger partial charge >= 0.3 is 0 Å². The van der Waals surface area contributed by atoms with Crippen molar-refractivity contribution in [2.75, 3.05) is 0 Å². The van der Waals surface area contributed by atoms with Crippen molar-refractivity contribution in [2.24, 2.45) is 63.6 Å². The van der Waals surface area contributed by atoms with E-state index in [-0.39, 0.29) is 29.1 Å². The summed E-state index contributed by atoms with van der Waals surface area (Å²) in [6.45, 7) is 79.3. The maximum atomic E-state index is 14.0. The predicted molar refractivity (Wildman–Crippen MR) is 381 cm³/mol. The van der Waals surface area contributed by atoms with Gasteiger partial charge in [-0.25, -0.2) is 35.1 Å². The molecule has 0 nitrogen and oxygen atoms in total. The van der Waals surface area contributed by atoms with E-state index in [0.717, 1.165) is 44.9 Å². The fourth-order valence-corrected chi connectivity index (χ4v) is 11.4. The summed E-state index contributed by atoms with van der Waals surface area (Å²) in [5, 5.41) is 0.